The normalized spacial score (nSPS) is 11.3. The van der Waals surface area contributed by atoms with Gasteiger partial charge in [-0.25, -0.2) is 0 Å². The maximum Gasteiger partial charge on any atom is 0.0834 e. The van der Waals surface area contributed by atoms with E-state index in [4.69, 9.17) is 34.7 Å². The average Bonchev–Trinajstić information content (AvgIpc) is 3.02. The number of nitrogens with two attached hydrogens (primary N) is 2. The van der Waals surface area contributed by atoms with E-state index in [-0.39, 0.29) is 0 Å². The number of fused-ring (bicyclic) bond motifs is 1. The number of nitrogens with one attached hydrogen (secondary N) is 2. The monoisotopic (exact) mass is 295 g/mol. The maximum absolute atomic E-state index is 6.22. The Kier molecular flexibility index (Phi) is 2.89. The zero-order valence-corrected chi connectivity index (χ0v) is 11.3. The van der Waals surface area contributed by atoms with Crippen molar-refractivity contribution in [2.24, 2.45) is 5.73 Å². The number of nitrogen functional groups attached to an aromatic ring is 1. The van der Waals surface area contributed by atoms with Gasteiger partial charge in [-0.3, -0.25) is 5.10 Å². The second-order valence-corrected chi connectivity index (χ2v) is 4.97. The molecule has 0 radical (unpaired) electrons. The van der Waals surface area contributed by atoms with Gasteiger partial charge in [-0.2, -0.15) is 5.10 Å². The summed E-state index contributed by atoms with van der Waals surface area (Å²) in [6, 6.07) is 1.64. The Balaban J connectivity index is 2.46. The molecule has 0 aliphatic heterocycles. The lowest BCUT2D eigenvalue weighted by molar-refractivity contribution is 1.02. The summed E-state index contributed by atoms with van der Waals surface area (Å²) >= 11 is 12.3. The molecular weight excluding hydrogens is 285 g/mol. The lowest BCUT2D eigenvalue weighted by Gasteiger charge is -2.04. The topological polar surface area (TPSA) is 96.5 Å². The van der Waals surface area contributed by atoms with Crippen molar-refractivity contribution in [3.05, 3.63) is 34.2 Å². The van der Waals surface area contributed by atoms with Gasteiger partial charge in [0.05, 0.1) is 21.8 Å². The van der Waals surface area contributed by atoms with Crippen LogP contribution in [0.25, 0.3) is 22.0 Å². The van der Waals surface area contributed by atoms with Crippen molar-refractivity contribution in [1.29, 1.82) is 0 Å². The molecule has 0 fully saturated rings. The minimum atomic E-state index is 0.336. The van der Waals surface area contributed by atoms with E-state index >= 15 is 0 Å². The summed E-state index contributed by atoms with van der Waals surface area (Å²) in [6.45, 7) is 0.336. The summed E-state index contributed by atoms with van der Waals surface area (Å²) in [7, 11) is 0. The standard InChI is InChI=1S/C12H11Cl2N5/c13-6-1-7(16)10-9(5-3-17-18-4-5)8(2-15)19-12(10)11(6)14/h1,3-4,19H,2,15-16H2,(H,17,18). The molecule has 0 atom stereocenters. The first-order valence-corrected chi connectivity index (χ1v) is 6.36. The molecule has 0 bridgehead atoms. The van der Waals surface area contributed by atoms with E-state index in [1.807, 2.05) is 0 Å². The molecule has 2 aromatic heterocycles. The molecule has 6 N–H and O–H groups in total. The van der Waals surface area contributed by atoms with Crippen LogP contribution >= 0.6 is 23.2 Å². The molecule has 0 aliphatic rings. The van der Waals surface area contributed by atoms with E-state index in [2.05, 4.69) is 15.2 Å². The van der Waals surface area contributed by atoms with Crippen molar-refractivity contribution in [3.63, 3.8) is 0 Å². The van der Waals surface area contributed by atoms with Crippen LogP contribution in [-0.2, 0) is 6.54 Å². The summed E-state index contributed by atoms with van der Waals surface area (Å²) in [5.41, 5.74) is 15.7. The summed E-state index contributed by atoms with van der Waals surface area (Å²) in [4.78, 5) is 3.19. The molecule has 5 nitrogen and oxygen atoms in total. The number of halogens is 2. The molecule has 2 heterocycles. The fraction of sp³-hybridized carbons (Fsp3) is 0.0833. The predicted octanol–water partition coefficient (Wildman–Crippen LogP) is 2.91. The number of hydrogen-bond donors (Lipinski definition) is 4. The Bertz CT molecular complexity index is 745. The molecule has 1 aromatic carbocycles. The van der Waals surface area contributed by atoms with Gasteiger partial charge in [0.25, 0.3) is 0 Å². The highest BCUT2D eigenvalue weighted by Gasteiger charge is 2.19. The number of benzene rings is 1. The van der Waals surface area contributed by atoms with Crippen LogP contribution in [0.2, 0.25) is 10.0 Å². The molecule has 19 heavy (non-hydrogen) atoms. The highest BCUT2D eigenvalue weighted by molar-refractivity contribution is 6.46. The maximum atomic E-state index is 6.22. The largest absolute Gasteiger partial charge is 0.398 e. The molecule has 0 unspecified atom stereocenters. The first kappa shape index (κ1) is 12.3. The third-order valence-electron chi connectivity index (χ3n) is 3.07. The van der Waals surface area contributed by atoms with Gasteiger partial charge in [0.1, 0.15) is 0 Å². The zero-order valence-electron chi connectivity index (χ0n) is 9.80. The van der Waals surface area contributed by atoms with E-state index in [9.17, 15) is 0 Å². The van der Waals surface area contributed by atoms with Crippen LogP contribution in [0.3, 0.4) is 0 Å². The highest BCUT2D eigenvalue weighted by atomic mass is 35.5. The molecule has 0 aliphatic carbocycles. The summed E-state index contributed by atoms with van der Waals surface area (Å²) in [5.74, 6) is 0. The van der Waals surface area contributed by atoms with Crippen molar-refractivity contribution in [2.75, 3.05) is 5.73 Å². The second-order valence-electron chi connectivity index (χ2n) is 4.18. The van der Waals surface area contributed by atoms with Crippen LogP contribution in [0, 0.1) is 0 Å². The van der Waals surface area contributed by atoms with Crippen LogP contribution in [0.5, 0.6) is 0 Å². The Morgan fingerprint density at radius 1 is 1.32 bits per heavy atom. The van der Waals surface area contributed by atoms with Crippen molar-refractivity contribution in [2.45, 2.75) is 6.54 Å². The van der Waals surface area contributed by atoms with E-state index in [1.165, 1.54) is 0 Å². The number of nitrogens with zero attached hydrogens (tertiary/aromatic N) is 1. The smallest absolute Gasteiger partial charge is 0.0834 e. The van der Waals surface area contributed by atoms with Gasteiger partial charge < -0.3 is 16.5 Å². The predicted molar refractivity (Wildman–Crippen MR) is 78.2 cm³/mol. The summed E-state index contributed by atoms with van der Waals surface area (Å²) in [6.07, 6.45) is 3.49. The van der Waals surface area contributed by atoms with E-state index < -0.39 is 0 Å². The molecule has 0 amide bonds. The van der Waals surface area contributed by atoms with Gasteiger partial charge in [0.15, 0.2) is 0 Å². The number of hydrogen-bond acceptors (Lipinski definition) is 3. The van der Waals surface area contributed by atoms with Crippen molar-refractivity contribution < 1.29 is 0 Å². The Labute approximate surface area is 118 Å². The van der Waals surface area contributed by atoms with Crippen LogP contribution in [0.4, 0.5) is 5.69 Å². The quantitative estimate of drug-likeness (QED) is 0.547. The Morgan fingerprint density at radius 2 is 2.11 bits per heavy atom. The number of aromatic amines is 2. The number of anilines is 1. The first-order valence-electron chi connectivity index (χ1n) is 5.60. The van der Waals surface area contributed by atoms with Crippen LogP contribution in [0.15, 0.2) is 18.5 Å². The summed E-state index contributed by atoms with van der Waals surface area (Å²) in [5, 5.41) is 8.39. The first-order chi connectivity index (χ1) is 9.13. The number of aromatic nitrogens is 3. The van der Waals surface area contributed by atoms with E-state index in [0.29, 0.717) is 27.8 Å². The minimum absolute atomic E-state index is 0.336. The molecule has 0 spiro atoms. The minimum Gasteiger partial charge on any atom is -0.398 e. The van der Waals surface area contributed by atoms with Crippen LogP contribution in [-0.4, -0.2) is 15.2 Å². The van der Waals surface area contributed by atoms with Gasteiger partial charge in [0.2, 0.25) is 0 Å². The second kappa shape index (κ2) is 4.45. The van der Waals surface area contributed by atoms with Crippen molar-refractivity contribution in [1.82, 2.24) is 15.2 Å². The molecule has 0 saturated heterocycles. The SMILES string of the molecule is NCc1[nH]c2c(Cl)c(Cl)cc(N)c2c1-c1cn[nH]c1. The third kappa shape index (κ3) is 1.78. The van der Waals surface area contributed by atoms with Gasteiger partial charge in [-0.1, -0.05) is 23.2 Å². The molecule has 3 rings (SSSR count). The van der Waals surface area contributed by atoms with E-state index in [1.54, 1.807) is 18.5 Å². The molecule has 7 heteroatoms. The summed E-state index contributed by atoms with van der Waals surface area (Å²) < 4.78 is 0. The Morgan fingerprint density at radius 3 is 2.74 bits per heavy atom. The van der Waals surface area contributed by atoms with Gasteiger partial charge >= 0.3 is 0 Å². The van der Waals surface area contributed by atoms with Gasteiger partial charge in [-0.05, 0) is 6.07 Å². The third-order valence-corrected chi connectivity index (χ3v) is 3.86. The number of rotatable bonds is 2. The van der Waals surface area contributed by atoms with Crippen LogP contribution < -0.4 is 11.5 Å². The zero-order chi connectivity index (χ0) is 13.6. The average molecular weight is 296 g/mol. The van der Waals surface area contributed by atoms with Gasteiger partial charge in [-0.15, -0.1) is 0 Å². The highest BCUT2D eigenvalue weighted by Crippen LogP contribution is 2.41. The molecule has 0 saturated carbocycles. The number of H-pyrrole nitrogens is 2. The molecule has 3 aromatic rings. The van der Waals surface area contributed by atoms with Crippen LogP contribution in [0.1, 0.15) is 5.69 Å². The Hall–Kier alpha value is -1.69. The van der Waals surface area contributed by atoms with Crippen molar-refractivity contribution >= 4 is 39.8 Å². The lowest BCUT2D eigenvalue weighted by Crippen LogP contribution is -1.98. The molecular formula is C12H11Cl2N5. The fourth-order valence-electron chi connectivity index (χ4n) is 2.26. The van der Waals surface area contributed by atoms with E-state index in [0.717, 1.165) is 22.2 Å². The fourth-order valence-corrected chi connectivity index (χ4v) is 2.66. The lowest BCUT2D eigenvalue weighted by atomic mass is 10.0. The molecule has 98 valence electrons. The van der Waals surface area contributed by atoms with Crippen molar-refractivity contribution in [3.8, 4) is 11.1 Å². The van der Waals surface area contributed by atoms with Gasteiger partial charge in [0, 0.05) is 40.6 Å².